The van der Waals surface area contributed by atoms with Gasteiger partial charge in [0.25, 0.3) is 0 Å². The molecule has 122 valence electrons. The van der Waals surface area contributed by atoms with Gasteiger partial charge < -0.3 is 10.1 Å². The summed E-state index contributed by atoms with van der Waals surface area (Å²) in [4.78, 5) is 14.3. The molecule has 0 bridgehead atoms. The summed E-state index contributed by atoms with van der Waals surface area (Å²) in [5.74, 6) is -0.194. The van der Waals surface area contributed by atoms with Crippen LogP contribution >= 0.6 is 0 Å². The van der Waals surface area contributed by atoms with Crippen molar-refractivity contribution in [1.82, 2.24) is 4.90 Å². The topological polar surface area (TPSA) is 102 Å². The van der Waals surface area contributed by atoms with Crippen LogP contribution < -0.4 is 10.5 Å². The molecule has 1 amide bonds. The number of primary sulfonamides is 1. The summed E-state index contributed by atoms with van der Waals surface area (Å²) in [5, 5.41) is 7.81. The standard InChI is InChI=1S/C14H21N3O4S/c1-10-9-17(6-7-21-10)11(2)14(18)16-12-4-3-5-13(8-12)22(15,19)20/h3-5,8,10-11H,6-7,9H2,1-2H3,(H,16,18)(H2,15,19,20). The molecule has 1 saturated heterocycles. The minimum atomic E-state index is -3.79. The normalized spacial score (nSPS) is 21.3. The highest BCUT2D eigenvalue weighted by molar-refractivity contribution is 7.89. The summed E-state index contributed by atoms with van der Waals surface area (Å²) in [6, 6.07) is 5.57. The molecule has 2 rings (SSSR count). The summed E-state index contributed by atoms with van der Waals surface area (Å²) in [6.45, 7) is 5.75. The third-order valence-corrected chi connectivity index (χ3v) is 4.54. The second-order valence-electron chi connectivity index (χ2n) is 5.41. The average molecular weight is 327 g/mol. The van der Waals surface area contributed by atoms with Gasteiger partial charge in [-0.2, -0.15) is 0 Å². The molecule has 2 unspecified atom stereocenters. The van der Waals surface area contributed by atoms with Crippen molar-refractivity contribution in [2.75, 3.05) is 25.0 Å². The molecule has 1 fully saturated rings. The largest absolute Gasteiger partial charge is 0.376 e. The van der Waals surface area contributed by atoms with Gasteiger partial charge >= 0.3 is 0 Å². The number of benzene rings is 1. The first-order chi connectivity index (χ1) is 10.3. The highest BCUT2D eigenvalue weighted by atomic mass is 32.2. The Hall–Kier alpha value is -1.48. The van der Waals surface area contributed by atoms with Crippen LogP contribution in [0.3, 0.4) is 0 Å². The summed E-state index contributed by atoms with van der Waals surface area (Å²) in [7, 11) is -3.79. The summed E-state index contributed by atoms with van der Waals surface area (Å²) < 4.78 is 28.1. The lowest BCUT2D eigenvalue weighted by Crippen LogP contribution is -2.50. The van der Waals surface area contributed by atoms with Crippen molar-refractivity contribution in [1.29, 1.82) is 0 Å². The molecule has 8 heteroatoms. The van der Waals surface area contributed by atoms with Crippen LogP contribution in [-0.4, -0.2) is 51.1 Å². The molecule has 0 aromatic heterocycles. The van der Waals surface area contributed by atoms with Gasteiger partial charge in [0.15, 0.2) is 0 Å². The lowest BCUT2D eigenvalue weighted by Gasteiger charge is -2.34. The fourth-order valence-electron chi connectivity index (χ4n) is 2.36. The molecular formula is C14H21N3O4S. The molecule has 22 heavy (non-hydrogen) atoms. The molecule has 2 atom stereocenters. The molecule has 3 N–H and O–H groups in total. The number of rotatable bonds is 4. The molecule has 1 heterocycles. The summed E-state index contributed by atoms with van der Waals surface area (Å²) in [6.07, 6.45) is 0.0923. The minimum absolute atomic E-state index is 0.0297. The zero-order chi connectivity index (χ0) is 16.3. The van der Waals surface area contributed by atoms with Gasteiger partial charge in [0.1, 0.15) is 0 Å². The number of ether oxygens (including phenoxy) is 1. The van der Waals surface area contributed by atoms with Crippen molar-refractivity contribution < 1.29 is 17.9 Å². The fraction of sp³-hybridized carbons (Fsp3) is 0.500. The monoisotopic (exact) mass is 327 g/mol. The van der Waals surface area contributed by atoms with E-state index in [4.69, 9.17) is 9.88 Å². The van der Waals surface area contributed by atoms with Gasteiger partial charge in [-0.3, -0.25) is 9.69 Å². The maximum atomic E-state index is 12.3. The highest BCUT2D eigenvalue weighted by Gasteiger charge is 2.26. The molecule has 1 aliphatic heterocycles. The predicted octanol–water partition coefficient (Wildman–Crippen LogP) is 0.382. The number of nitrogens with one attached hydrogen (secondary N) is 1. The number of carbonyl (C=O) groups excluding carboxylic acids is 1. The minimum Gasteiger partial charge on any atom is -0.376 e. The van der Waals surface area contributed by atoms with Gasteiger partial charge in [0, 0.05) is 18.8 Å². The lowest BCUT2D eigenvalue weighted by atomic mass is 10.2. The van der Waals surface area contributed by atoms with Crippen LogP contribution in [0, 0.1) is 0 Å². The van der Waals surface area contributed by atoms with Crippen molar-refractivity contribution in [3.05, 3.63) is 24.3 Å². The van der Waals surface area contributed by atoms with Crippen molar-refractivity contribution in [3.63, 3.8) is 0 Å². The smallest absolute Gasteiger partial charge is 0.241 e. The van der Waals surface area contributed by atoms with Crippen molar-refractivity contribution in [3.8, 4) is 0 Å². The lowest BCUT2D eigenvalue weighted by molar-refractivity contribution is -0.123. The maximum Gasteiger partial charge on any atom is 0.241 e. The Balaban J connectivity index is 2.05. The van der Waals surface area contributed by atoms with Crippen LogP contribution in [0.15, 0.2) is 29.2 Å². The van der Waals surface area contributed by atoms with Crippen LogP contribution in [0.1, 0.15) is 13.8 Å². The van der Waals surface area contributed by atoms with Crippen LogP contribution in [0.2, 0.25) is 0 Å². The number of anilines is 1. The first kappa shape index (κ1) is 16.9. The van der Waals surface area contributed by atoms with E-state index >= 15 is 0 Å². The zero-order valence-electron chi connectivity index (χ0n) is 12.7. The number of nitrogens with zero attached hydrogens (tertiary/aromatic N) is 1. The number of morpholine rings is 1. The Kier molecular flexibility index (Phi) is 5.17. The van der Waals surface area contributed by atoms with Crippen molar-refractivity contribution in [2.45, 2.75) is 30.9 Å². The number of sulfonamides is 1. The number of hydrogen-bond acceptors (Lipinski definition) is 5. The Morgan fingerprint density at radius 2 is 2.23 bits per heavy atom. The van der Waals surface area contributed by atoms with Gasteiger partial charge in [-0.05, 0) is 32.0 Å². The van der Waals surface area contributed by atoms with Gasteiger partial charge in [-0.1, -0.05) is 6.07 Å². The Labute approximate surface area is 130 Å². The van der Waals surface area contributed by atoms with E-state index in [1.165, 1.54) is 18.2 Å². The molecule has 0 aliphatic carbocycles. The van der Waals surface area contributed by atoms with Crippen LogP contribution in [0.25, 0.3) is 0 Å². The molecular weight excluding hydrogens is 306 g/mol. The molecule has 1 aromatic rings. The van der Waals surface area contributed by atoms with Gasteiger partial charge in [0.2, 0.25) is 15.9 Å². The van der Waals surface area contributed by atoms with Gasteiger partial charge in [0.05, 0.1) is 23.6 Å². The van der Waals surface area contributed by atoms with Gasteiger partial charge in [-0.25, -0.2) is 13.6 Å². The Bertz CT molecular complexity index is 647. The second-order valence-corrected chi connectivity index (χ2v) is 6.98. The summed E-state index contributed by atoms with van der Waals surface area (Å²) in [5.41, 5.74) is 0.407. The van der Waals surface area contributed by atoms with Gasteiger partial charge in [-0.15, -0.1) is 0 Å². The number of nitrogens with two attached hydrogens (primary N) is 1. The third-order valence-electron chi connectivity index (χ3n) is 3.63. The predicted molar refractivity (Wildman–Crippen MR) is 82.9 cm³/mol. The number of carbonyl (C=O) groups is 1. The molecule has 1 aromatic carbocycles. The van der Waals surface area contributed by atoms with E-state index in [9.17, 15) is 13.2 Å². The zero-order valence-corrected chi connectivity index (χ0v) is 13.5. The van der Waals surface area contributed by atoms with Crippen LogP contribution in [0.5, 0.6) is 0 Å². The van der Waals surface area contributed by atoms with E-state index in [1.807, 2.05) is 18.7 Å². The first-order valence-electron chi connectivity index (χ1n) is 7.07. The number of hydrogen-bond donors (Lipinski definition) is 2. The van der Waals surface area contributed by atoms with E-state index in [2.05, 4.69) is 5.32 Å². The Morgan fingerprint density at radius 3 is 2.86 bits per heavy atom. The van der Waals surface area contributed by atoms with E-state index in [0.717, 1.165) is 0 Å². The average Bonchev–Trinajstić information content (AvgIpc) is 2.46. The van der Waals surface area contributed by atoms with Crippen LogP contribution in [0.4, 0.5) is 5.69 Å². The Morgan fingerprint density at radius 1 is 1.50 bits per heavy atom. The molecule has 0 saturated carbocycles. The first-order valence-corrected chi connectivity index (χ1v) is 8.61. The highest BCUT2D eigenvalue weighted by Crippen LogP contribution is 2.16. The molecule has 7 nitrogen and oxygen atoms in total. The van der Waals surface area contributed by atoms with E-state index < -0.39 is 10.0 Å². The van der Waals surface area contributed by atoms with Crippen molar-refractivity contribution >= 4 is 21.6 Å². The van der Waals surface area contributed by atoms with Crippen molar-refractivity contribution in [2.24, 2.45) is 5.14 Å². The number of amides is 1. The molecule has 0 radical (unpaired) electrons. The van der Waals surface area contributed by atoms with E-state index in [0.29, 0.717) is 25.4 Å². The van der Waals surface area contributed by atoms with E-state index in [1.54, 1.807) is 6.07 Å². The summed E-state index contributed by atoms with van der Waals surface area (Å²) >= 11 is 0. The second kappa shape index (κ2) is 6.74. The SMILES string of the molecule is CC1CN(C(C)C(=O)Nc2cccc(S(N)(=O)=O)c2)CCO1. The quantitative estimate of drug-likeness (QED) is 0.832. The third kappa shape index (κ3) is 4.26. The molecule has 1 aliphatic rings. The fourth-order valence-corrected chi connectivity index (χ4v) is 2.92. The van der Waals surface area contributed by atoms with Crippen LogP contribution in [-0.2, 0) is 19.6 Å². The van der Waals surface area contributed by atoms with E-state index in [-0.39, 0.29) is 22.9 Å². The molecule has 0 spiro atoms. The maximum absolute atomic E-state index is 12.3.